The zero-order valence-electron chi connectivity index (χ0n) is 14.8. The first-order valence-corrected chi connectivity index (χ1v) is 9.63. The summed E-state index contributed by atoms with van der Waals surface area (Å²) >= 11 is 1.69. The number of aromatic nitrogens is 3. The molecule has 0 atom stereocenters. The van der Waals surface area contributed by atoms with Crippen molar-refractivity contribution in [1.29, 1.82) is 0 Å². The second-order valence-electron chi connectivity index (χ2n) is 6.71. The Morgan fingerprint density at radius 3 is 2.70 bits per heavy atom. The zero-order valence-corrected chi connectivity index (χ0v) is 15.6. The maximum atomic E-state index is 12.7. The van der Waals surface area contributed by atoms with Gasteiger partial charge in [-0.15, -0.1) is 0 Å². The van der Waals surface area contributed by atoms with Crippen LogP contribution in [0.25, 0.3) is 10.9 Å². The number of rotatable bonds is 4. The van der Waals surface area contributed by atoms with Gasteiger partial charge in [0.25, 0.3) is 0 Å². The van der Waals surface area contributed by atoms with Crippen molar-refractivity contribution in [3.8, 4) is 0 Å². The van der Waals surface area contributed by atoms with Crippen LogP contribution in [0, 0.1) is 0 Å². The lowest BCUT2D eigenvalue weighted by atomic mass is 10.1. The first kappa shape index (κ1) is 18.1. The molecule has 1 aliphatic heterocycles. The fourth-order valence-corrected chi connectivity index (χ4v) is 4.31. The van der Waals surface area contributed by atoms with E-state index >= 15 is 0 Å². The Balaban J connectivity index is 1.34. The number of hydrogen-bond donors (Lipinski definition) is 2. The molecule has 1 aliphatic rings. The van der Waals surface area contributed by atoms with Crippen LogP contribution in [0.2, 0.25) is 0 Å². The number of fused-ring (bicyclic) bond motifs is 1. The van der Waals surface area contributed by atoms with Gasteiger partial charge >= 0.3 is 6.18 Å². The SMILES string of the molecule is Cn1ccc2cccc(NSC3CCN(c4cc(C(F)(F)F)[nH]n4)CC3)c21. The van der Waals surface area contributed by atoms with Gasteiger partial charge < -0.3 is 14.2 Å². The van der Waals surface area contributed by atoms with Gasteiger partial charge in [-0.05, 0) is 36.9 Å². The normalized spacial score (nSPS) is 16.2. The maximum Gasteiger partial charge on any atom is 0.432 e. The molecule has 9 heteroatoms. The van der Waals surface area contributed by atoms with E-state index in [1.165, 1.54) is 10.9 Å². The topological polar surface area (TPSA) is 48.9 Å². The van der Waals surface area contributed by atoms with Crippen molar-refractivity contribution >= 4 is 34.4 Å². The zero-order chi connectivity index (χ0) is 19.0. The molecule has 5 nitrogen and oxygen atoms in total. The molecule has 3 aromatic rings. The summed E-state index contributed by atoms with van der Waals surface area (Å²) in [6.07, 6.45) is -0.580. The van der Waals surface area contributed by atoms with Crippen molar-refractivity contribution < 1.29 is 13.2 Å². The maximum absolute atomic E-state index is 12.7. The molecule has 2 aromatic heterocycles. The Morgan fingerprint density at radius 1 is 1.22 bits per heavy atom. The van der Waals surface area contributed by atoms with Gasteiger partial charge in [0.1, 0.15) is 5.69 Å². The summed E-state index contributed by atoms with van der Waals surface area (Å²) in [7, 11) is 2.02. The number of aryl methyl sites for hydroxylation is 1. The van der Waals surface area contributed by atoms with Gasteiger partial charge in [-0.1, -0.05) is 12.1 Å². The van der Waals surface area contributed by atoms with Crippen molar-refractivity contribution in [1.82, 2.24) is 14.8 Å². The molecule has 1 aromatic carbocycles. The van der Waals surface area contributed by atoms with Gasteiger partial charge in [0.15, 0.2) is 5.82 Å². The summed E-state index contributed by atoms with van der Waals surface area (Å²) in [4.78, 5) is 1.90. The van der Waals surface area contributed by atoms with E-state index in [4.69, 9.17) is 0 Å². The lowest BCUT2D eigenvalue weighted by Gasteiger charge is -2.31. The number of piperidine rings is 1. The standard InChI is InChI=1S/C18H20F3N5S/c1-25-8-5-12-3-2-4-14(17(12)25)24-27-13-6-9-26(10-7-13)16-11-15(22-23-16)18(19,20)21/h2-5,8,11,13,24H,6-7,9-10H2,1H3,(H,22,23). The minimum absolute atomic E-state index is 0.368. The quantitative estimate of drug-likeness (QED) is 0.632. The van der Waals surface area contributed by atoms with E-state index in [-0.39, 0.29) is 0 Å². The van der Waals surface area contributed by atoms with Crippen LogP contribution in [0.4, 0.5) is 24.7 Å². The number of nitrogens with one attached hydrogen (secondary N) is 2. The van der Waals surface area contributed by atoms with Gasteiger partial charge in [-0.3, -0.25) is 5.10 Å². The summed E-state index contributed by atoms with van der Waals surface area (Å²) in [5.41, 5.74) is 1.44. The molecule has 1 saturated heterocycles. The molecule has 3 heterocycles. The number of halogens is 3. The molecule has 1 fully saturated rings. The molecule has 0 radical (unpaired) electrons. The van der Waals surface area contributed by atoms with Crippen LogP contribution in [-0.4, -0.2) is 33.1 Å². The Kier molecular flexibility index (Phi) is 4.71. The molecule has 0 spiro atoms. The number of H-pyrrole nitrogens is 1. The third-order valence-electron chi connectivity index (χ3n) is 4.87. The van der Waals surface area contributed by atoms with E-state index in [1.54, 1.807) is 11.9 Å². The van der Waals surface area contributed by atoms with Crippen molar-refractivity contribution in [2.75, 3.05) is 22.7 Å². The van der Waals surface area contributed by atoms with Crippen LogP contribution in [0.1, 0.15) is 18.5 Å². The van der Waals surface area contributed by atoms with Gasteiger partial charge in [-0.25, -0.2) is 0 Å². The molecule has 0 unspecified atom stereocenters. The largest absolute Gasteiger partial charge is 0.432 e. The fourth-order valence-electron chi connectivity index (χ4n) is 3.41. The predicted molar refractivity (Wildman–Crippen MR) is 103 cm³/mol. The summed E-state index contributed by atoms with van der Waals surface area (Å²) in [5, 5.41) is 7.50. The van der Waals surface area contributed by atoms with Crippen molar-refractivity contribution in [3.63, 3.8) is 0 Å². The molecular weight excluding hydrogens is 375 g/mol. The number of nitrogens with zero attached hydrogens (tertiary/aromatic N) is 3. The second-order valence-corrected chi connectivity index (χ2v) is 7.82. The molecule has 4 rings (SSSR count). The number of hydrogen-bond acceptors (Lipinski definition) is 4. The smallest absolute Gasteiger partial charge is 0.355 e. The highest BCUT2D eigenvalue weighted by atomic mass is 32.2. The summed E-state index contributed by atoms with van der Waals surface area (Å²) in [6.45, 7) is 1.38. The van der Waals surface area contributed by atoms with Gasteiger partial charge in [0.2, 0.25) is 0 Å². The second kappa shape index (κ2) is 7.03. The number of para-hydroxylation sites is 1. The Bertz CT molecular complexity index is 925. The van der Waals surface area contributed by atoms with Crippen LogP contribution < -0.4 is 9.62 Å². The van der Waals surface area contributed by atoms with E-state index in [0.29, 0.717) is 24.2 Å². The molecular formula is C18H20F3N5S. The van der Waals surface area contributed by atoms with Crippen LogP contribution in [0.15, 0.2) is 36.5 Å². The van der Waals surface area contributed by atoms with Gasteiger partial charge in [0.05, 0.1) is 11.2 Å². The average Bonchev–Trinajstić information content (AvgIpc) is 3.28. The molecule has 144 valence electrons. The molecule has 2 N–H and O–H groups in total. The Hall–Kier alpha value is -2.29. The number of alkyl halides is 3. The predicted octanol–water partition coefficient (Wildman–Crippen LogP) is 4.65. The molecule has 0 bridgehead atoms. The minimum atomic E-state index is -4.39. The lowest BCUT2D eigenvalue weighted by molar-refractivity contribution is -0.141. The molecule has 0 aliphatic carbocycles. The van der Waals surface area contributed by atoms with Crippen LogP contribution in [0.3, 0.4) is 0 Å². The molecule has 0 saturated carbocycles. The Morgan fingerprint density at radius 2 is 2.00 bits per heavy atom. The third kappa shape index (κ3) is 3.73. The van der Waals surface area contributed by atoms with Crippen LogP contribution in [0.5, 0.6) is 0 Å². The minimum Gasteiger partial charge on any atom is -0.355 e. The third-order valence-corrected chi connectivity index (χ3v) is 6.01. The monoisotopic (exact) mass is 395 g/mol. The number of anilines is 2. The molecule has 27 heavy (non-hydrogen) atoms. The highest BCUT2D eigenvalue weighted by molar-refractivity contribution is 8.01. The van der Waals surface area contributed by atoms with Gasteiger partial charge in [0, 0.05) is 43.0 Å². The van der Waals surface area contributed by atoms with E-state index < -0.39 is 11.9 Å². The highest BCUT2D eigenvalue weighted by Crippen LogP contribution is 2.33. The molecule has 0 amide bonds. The first-order valence-electron chi connectivity index (χ1n) is 8.75. The summed E-state index contributed by atoms with van der Waals surface area (Å²) in [5.74, 6) is 0.368. The van der Waals surface area contributed by atoms with E-state index in [2.05, 4.69) is 37.7 Å². The number of aromatic amines is 1. The summed E-state index contributed by atoms with van der Waals surface area (Å²) < 4.78 is 43.7. The van der Waals surface area contributed by atoms with Crippen molar-refractivity contribution in [2.24, 2.45) is 7.05 Å². The van der Waals surface area contributed by atoms with E-state index in [9.17, 15) is 13.2 Å². The number of benzene rings is 1. The lowest BCUT2D eigenvalue weighted by Crippen LogP contribution is -2.35. The van der Waals surface area contributed by atoms with E-state index in [1.807, 2.05) is 24.2 Å². The van der Waals surface area contributed by atoms with Crippen molar-refractivity contribution in [2.45, 2.75) is 24.3 Å². The van der Waals surface area contributed by atoms with E-state index in [0.717, 1.165) is 24.6 Å². The van der Waals surface area contributed by atoms with Gasteiger partial charge in [-0.2, -0.15) is 18.3 Å². The van der Waals surface area contributed by atoms with Crippen molar-refractivity contribution in [3.05, 3.63) is 42.2 Å². The summed E-state index contributed by atoms with van der Waals surface area (Å²) in [6, 6.07) is 9.35. The fraction of sp³-hybridized carbons (Fsp3) is 0.389. The average molecular weight is 395 g/mol. The Labute approximate surface area is 159 Å². The first-order chi connectivity index (χ1) is 12.9. The van der Waals surface area contributed by atoms with Crippen LogP contribution >= 0.6 is 11.9 Å². The van der Waals surface area contributed by atoms with Crippen LogP contribution in [-0.2, 0) is 13.2 Å². The highest BCUT2D eigenvalue weighted by Gasteiger charge is 2.34.